The lowest BCUT2D eigenvalue weighted by molar-refractivity contribution is 0.0986. The molecule has 0 atom stereocenters. The number of anilines is 1. The number of amides is 1. The summed E-state index contributed by atoms with van der Waals surface area (Å²) in [6.07, 6.45) is 2.61. The molecule has 0 unspecified atom stereocenters. The van der Waals surface area contributed by atoms with Crippen molar-refractivity contribution >= 4 is 40.3 Å². The highest BCUT2D eigenvalue weighted by atomic mass is 35.5. The molecule has 0 radical (unpaired) electrons. The fourth-order valence-electron chi connectivity index (χ4n) is 2.81. The molecular formula is C21H20ClN3O2S. The van der Waals surface area contributed by atoms with E-state index in [4.69, 9.17) is 11.6 Å². The molecule has 0 saturated carbocycles. The van der Waals surface area contributed by atoms with Crippen LogP contribution in [0.3, 0.4) is 0 Å². The number of carbonyl (C=O) groups is 2. The molecule has 0 N–H and O–H groups in total. The molecule has 3 aromatic rings. The van der Waals surface area contributed by atoms with E-state index in [0.717, 1.165) is 30.3 Å². The quantitative estimate of drug-likeness (QED) is 0.484. The minimum atomic E-state index is -0.185. The molecule has 1 amide bonds. The summed E-state index contributed by atoms with van der Waals surface area (Å²) < 4.78 is 0. The first-order valence-electron chi connectivity index (χ1n) is 9.01. The number of benzene rings is 2. The van der Waals surface area contributed by atoms with Gasteiger partial charge >= 0.3 is 0 Å². The van der Waals surface area contributed by atoms with Crippen molar-refractivity contribution in [1.29, 1.82) is 0 Å². The van der Waals surface area contributed by atoms with Crippen LogP contribution in [0.25, 0.3) is 10.6 Å². The molecule has 2 aromatic carbocycles. The van der Waals surface area contributed by atoms with Crippen LogP contribution in [0.5, 0.6) is 0 Å². The van der Waals surface area contributed by atoms with Crippen LogP contribution >= 0.6 is 22.9 Å². The number of hydrogen-bond acceptors (Lipinski definition) is 5. The van der Waals surface area contributed by atoms with Gasteiger partial charge < -0.3 is 0 Å². The molecule has 0 saturated heterocycles. The Morgan fingerprint density at radius 2 is 2.00 bits per heavy atom. The number of halogens is 1. The Morgan fingerprint density at radius 1 is 1.21 bits per heavy atom. The van der Waals surface area contributed by atoms with Crippen LogP contribution in [0.4, 0.5) is 5.13 Å². The van der Waals surface area contributed by atoms with Crippen LogP contribution < -0.4 is 4.90 Å². The summed E-state index contributed by atoms with van der Waals surface area (Å²) in [7, 11) is 0. The normalized spacial score (nSPS) is 10.7. The van der Waals surface area contributed by atoms with Gasteiger partial charge in [-0.15, -0.1) is 10.2 Å². The van der Waals surface area contributed by atoms with Crippen LogP contribution in [-0.2, 0) is 0 Å². The lowest BCUT2D eigenvalue weighted by Gasteiger charge is -2.19. The molecule has 1 heterocycles. The van der Waals surface area contributed by atoms with Gasteiger partial charge in [-0.2, -0.15) is 0 Å². The topological polar surface area (TPSA) is 63.2 Å². The average molecular weight is 414 g/mol. The zero-order chi connectivity index (χ0) is 20.1. The van der Waals surface area contributed by atoms with Gasteiger partial charge in [-0.25, -0.2) is 0 Å². The highest BCUT2D eigenvalue weighted by Gasteiger charge is 2.23. The molecule has 0 aliphatic rings. The standard InChI is InChI=1S/C21H20ClN3O2S/c1-3-4-11-25(20(27)17-7-5-6-8-18(17)22)21-24-23-19(28-21)16-10-9-15(13-26)12-14(16)2/h5-10,12-13H,3-4,11H2,1-2H3. The lowest BCUT2D eigenvalue weighted by Crippen LogP contribution is -2.32. The van der Waals surface area contributed by atoms with Gasteiger partial charge in [0.15, 0.2) is 0 Å². The van der Waals surface area contributed by atoms with Crippen LogP contribution in [-0.4, -0.2) is 28.9 Å². The lowest BCUT2D eigenvalue weighted by atomic mass is 10.1. The summed E-state index contributed by atoms with van der Waals surface area (Å²) in [6, 6.07) is 12.4. The Labute approximate surface area is 173 Å². The molecule has 0 aliphatic heterocycles. The van der Waals surface area contributed by atoms with Crippen molar-refractivity contribution in [3.8, 4) is 10.6 Å². The number of rotatable bonds is 7. The van der Waals surface area contributed by atoms with E-state index in [9.17, 15) is 9.59 Å². The van der Waals surface area contributed by atoms with E-state index in [0.29, 0.717) is 32.8 Å². The predicted octanol–water partition coefficient (Wildman–Crippen LogP) is 5.43. The van der Waals surface area contributed by atoms with Crippen LogP contribution in [0, 0.1) is 6.92 Å². The Morgan fingerprint density at radius 3 is 2.68 bits per heavy atom. The van der Waals surface area contributed by atoms with Crippen LogP contribution in [0.1, 0.15) is 46.0 Å². The highest BCUT2D eigenvalue weighted by molar-refractivity contribution is 7.18. The van der Waals surface area contributed by atoms with Crippen molar-refractivity contribution < 1.29 is 9.59 Å². The van der Waals surface area contributed by atoms with Gasteiger partial charge in [-0.1, -0.05) is 60.5 Å². The number of aromatic nitrogens is 2. The molecule has 3 rings (SSSR count). The molecule has 0 spiro atoms. The van der Waals surface area contributed by atoms with E-state index < -0.39 is 0 Å². The minimum absolute atomic E-state index is 0.185. The number of carbonyl (C=O) groups excluding carboxylic acids is 2. The maximum absolute atomic E-state index is 13.1. The zero-order valence-electron chi connectivity index (χ0n) is 15.7. The minimum Gasteiger partial charge on any atom is -0.298 e. The number of aryl methyl sites for hydroxylation is 1. The largest absolute Gasteiger partial charge is 0.298 e. The van der Waals surface area contributed by atoms with Crippen molar-refractivity contribution in [1.82, 2.24) is 10.2 Å². The summed E-state index contributed by atoms with van der Waals surface area (Å²) in [5.74, 6) is -0.185. The Balaban J connectivity index is 1.95. The van der Waals surface area contributed by atoms with Crippen LogP contribution in [0.15, 0.2) is 42.5 Å². The Bertz CT molecular complexity index is 1000. The van der Waals surface area contributed by atoms with Gasteiger partial charge in [0.1, 0.15) is 11.3 Å². The van der Waals surface area contributed by atoms with Gasteiger partial charge in [0.25, 0.3) is 5.91 Å². The summed E-state index contributed by atoms with van der Waals surface area (Å²) in [5, 5.41) is 10.2. The fraction of sp³-hybridized carbons (Fsp3) is 0.238. The molecular weight excluding hydrogens is 394 g/mol. The first-order valence-corrected chi connectivity index (χ1v) is 10.2. The summed E-state index contributed by atoms with van der Waals surface area (Å²) in [4.78, 5) is 25.7. The molecule has 0 fully saturated rings. The number of hydrogen-bond donors (Lipinski definition) is 0. The van der Waals surface area contributed by atoms with Gasteiger partial charge in [0.2, 0.25) is 5.13 Å². The van der Waals surface area contributed by atoms with Gasteiger partial charge in [0, 0.05) is 17.7 Å². The zero-order valence-corrected chi connectivity index (χ0v) is 17.3. The number of nitrogens with zero attached hydrogens (tertiary/aromatic N) is 3. The summed E-state index contributed by atoms with van der Waals surface area (Å²) in [5.41, 5.74) is 2.90. The molecule has 5 nitrogen and oxygen atoms in total. The van der Waals surface area contributed by atoms with E-state index in [1.165, 1.54) is 11.3 Å². The maximum atomic E-state index is 13.1. The first kappa shape index (κ1) is 20.2. The number of aldehydes is 1. The SMILES string of the molecule is CCCCN(C(=O)c1ccccc1Cl)c1nnc(-c2ccc(C=O)cc2C)s1. The predicted molar refractivity (Wildman–Crippen MR) is 114 cm³/mol. The molecule has 0 bridgehead atoms. The molecule has 7 heteroatoms. The second-order valence-electron chi connectivity index (χ2n) is 6.37. The van der Waals surface area contributed by atoms with Crippen molar-refractivity contribution in [2.45, 2.75) is 26.7 Å². The van der Waals surface area contributed by atoms with Crippen LogP contribution in [0.2, 0.25) is 5.02 Å². The second-order valence-corrected chi connectivity index (χ2v) is 7.74. The molecule has 0 aliphatic carbocycles. The highest BCUT2D eigenvalue weighted by Crippen LogP contribution is 2.32. The maximum Gasteiger partial charge on any atom is 0.261 e. The summed E-state index contributed by atoms with van der Waals surface area (Å²) >= 11 is 7.58. The van der Waals surface area contributed by atoms with E-state index >= 15 is 0 Å². The average Bonchev–Trinajstić information content (AvgIpc) is 3.17. The third-order valence-electron chi connectivity index (χ3n) is 4.35. The van der Waals surface area contributed by atoms with E-state index in [1.807, 2.05) is 19.1 Å². The van der Waals surface area contributed by atoms with Crippen molar-refractivity contribution in [3.63, 3.8) is 0 Å². The molecule has 28 heavy (non-hydrogen) atoms. The smallest absolute Gasteiger partial charge is 0.261 e. The monoisotopic (exact) mass is 413 g/mol. The summed E-state index contributed by atoms with van der Waals surface area (Å²) in [6.45, 7) is 4.53. The van der Waals surface area contributed by atoms with E-state index in [1.54, 1.807) is 35.2 Å². The van der Waals surface area contributed by atoms with E-state index in [2.05, 4.69) is 17.1 Å². The van der Waals surface area contributed by atoms with Gasteiger partial charge in [-0.3, -0.25) is 14.5 Å². The second kappa shape index (κ2) is 9.08. The molecule has 144 valence electrons. The van der Waals surface area contributed by atoms with Gasteiger partial charge in [0.05, 0.1) is 10.6 Å². The van der Waals surface area contributed by atoms with E-state index in [-0.39, 0.29) is 5.91 Å². The van der Waals surface area contributed by atoms with Crippen molar-refractivity contribution in [3.05, 3.63) is 64.2 Å². The van der Waals surface area contributed by atoms with Crippen molar-refractivity contribution in [2.24, 2.45) is 0 Å². The van der Waals surface area contributed by atoms with Gasteiger partial charge in [-0.05, 0) is 37.1 Å². The Hall–Kier alpha value is -2.57. The molecule has 1 aromatic heterocycles. The Kier molecular flexibility index (Phi) is 6.54. The first-order chi connectivity index (χ1) is 13.5. The fourth-order valence-corrected chi connectivity index (χ4v) is 3.99. The third kappa shape index (κ3) is 4.29. The third-order valence-corrected chi connectivity index (χ3v) is 5.66. The number of unbranched alkanes of at least 4 members (excludes halogenated alkanes) is 1. The van der Waals surface area contributed by atoms with Crippen molar-refractivity contribution in [2.75, 3.05) is 11.4 Å².